The maximum absolute atomic E-state index is 9.93. The highest BCUT2D eigenvalue weighted by atomic mass is 16.3. The zero-order valence-electron chi connectivity index (χ0n) is 10.6. The summed E-state index contributed by atoms with van der Waals surface area (Å²) in [6.07, 6.45) is 0. The van der Waals surface area contributed by atoms with E-state index < -0.39 is 0 Å². The van der Waals surface area contributed by atoms with Gasteiger partial charge in [0, 0.05) is 11.6 Å². The minimum Gasteiger partial charge on any atom is -0.507 e. The first kappa shape index (κ1) is 12.1. The molecule has 0 aromatic heterocycles. The monoisotopic (exact) mass is 205 g/mol. The lowest BCUT2D eigenvalue weighted by atomic mass is 9.75. The van der Waals surface area contributed by atoms with E-state index in [0.29, 0.717) is 0 Å². The lowest BCUT2D eigenvalue weighted by Crippen LogP contribution is -2.21. The molecule has 0 aliphatic carbocycles. The van der Waals surface area contributed by atoms with Crippen molar-refractivity contribution in [2.24, 2.45) is 0 Å². The molecule has 1 nitrogen and oxygen atoms in total. The van der Waals surface area contributed by atoms with Crippen LogP contribution in [-0.4, -0.2) is 5.11 Å². The normalized spacial score (nSPS) is 12.9. The van der Waals surface area contributed by atoms with E-state index in [2.05, 4.69) is 53.7 Å². The zero-order valence-corrected chi connectivity index (χ0v) is 10.6. The number of phenolic OH excluding ortho intramolecular Hbond substituents is 1. The molecule has 0 aliphatic rings. The van der Waals surface area contributed by atoms with Gasteiger partial charge in [0.25, 0.3) is 0 Å². The Morgan fingerprint density at radius 1 is 1.00 bits per heavy atom. The molecule has 1 rings (SSSR count). The van der Waals surface area contributed by atoms with Crippen LogP contribution in [0, 0.1) is 6.07 Å². The Morgan fingerprint density at radius 2 is 1.53 bits per heavy atom. The molecule has 0 spiro atoms. The fraction of sp³-hybridized carbons (Fsp3) is 0.571. The Morgan fingerprint density at radius 3 is 1.87 bits per heavy atom. The van der Waals surface area contributed by atoms with Crippen LogP contribution in [0.3, 0.4) is 0 Å². The van der Waals surface area contributed by atoms with Crippen molar-refractivity contribution < 1.29 is 5.11 Å². The number of benzene rings is 1. The predicted molar refractivity (Wildman–Crippen MR) is 64.3 cm³/mol. The molecule has 0 saturated heterocycles. The van der Waals surface area contributed by atoms with Crippen molar-refractivity contribution in [1.29, 1.82) is 0 Å². The van der Waals surface area contributed by atoms with Crippen molar-refractivity contribution in [3.63, 3.8) is 0 Å². The Bertz CT molecular complexity index is 351. The summed E-state index contributed by atoms with van der Waals surface area (Å²) in [5.41, 5.74) is 2.21. The van der Waals surface area contributed by atoms with Gasteiger partial charge in [0.1, 0.15) is 5.75 Å². The first-order valence-electron chi connectivity index (χ1n) is 5.38. The minimum atomic E-state index is -0.0511. The Labute approximate surface area is 93.1 Å². The molecule has 1 N–H and O–H groups in total. The van der Waals surface area contributed by atoms with Gasteiger partial charge in [-0.1, -0.05) is 53.7 Å². The second-order valence-corrected chi connectivity index (χ2v) is 6.11. The molecule has 83 valence electrons. The van der Waals surface area contributed by atoms with Gasteiger partial charge in [0.2, 0.25) is 0 Å². The number of phenols is 1. The number of hydrogen-bond acceptors (Lipinski definition) is 1. The quantitative estimate of drug-likeness (QED) is 0.683. The van der Waals surface area contributed by atoms with Crippen LogP contribution in [0.5, 0.6) is 5.75 Å². The average molecular weight is 205 g/mol. The summed E-state index contributed by atoms with van der Waals surface area (Å²) in [5, 5.41) is 9.93. The molecule has 1 aromatic rings. The first-order valence-corrected chi connectivity index (χ1v) is 5.38. The molecule has 1 heteroatoms. The third-order valence-electron chi connectivity index (χ3n) is 2.53. The molecule has 0 heterocycles. The minimum absolute atomic E-state index is 0.0508. The number of aromatic hydroxyl groups is 1. The number of rotatable bonds is 0. The summed E-state index contributed by atoms with van der Waals surface area (Å²) < 4.78 is 0. The fourth-order valence-electron chi connectivity index (χ4n) is 1.87. The van der Waals surface area contributed by atoms with E-state index in [0.717, 1.165) is 5.56 Å². The van der Waals surface area contributed by atoms with Gasteiger partial charge in [-0.25, -0.2) is 0 Å². The smallest absolute Gasteiger partial charge is 0.127 e. The summed E-state index contributed by atoms with van der Waals surface area (Å²) in [5.74, 6) is 0.287. The average Bonchev–Trinajstić information content (AvgIpc) is 1.99. The SMILES string of the molecule is CC(C)(C)c1cc[c]c(O)c1C(C)(C)C. The highest BCUT2D eigenvalue weighted by Gasteiger charge is 2.27. The van der Waals surface area contributed by atoms with Crippen LogP contribution in [-0.2, 0) is 10.8 Å². The van der Waals surface area contributed by atoms with Crippen molar-refractivity contribution in [3.8, 4) is 5.75 Å². The third-order valence-corrected chi connectivity index (χ3v) is 2.53. The van der Waals surface area contributed by atoms with Crippen LogP contribution < -0.4 is 0 Å². The lowest BCUT2D eigenvalue weighted by Gasteiger charge is -2.30. The molecule has 0 unspecified atom stereocenters. The van der Waals surface area contributed by atoms with Crippen LogP contribution in [0.1, 0.15) is 52.7 Å². The van der Waals surface area contributed by atoms with Gasteiger partial charge in [-0.3, -0.25) is 0 Å². The van der Waals surface area contributed by atoms with E-state index in [1.165, 1.54) is 5.56 Å². The molecule has 0 atom stereocenters. The van der Waals surface area contributed by atoms with E-state index in [-0.39, 0.29) is 16.6 Å². The van der Waals surface area contributed by atoms with Gasteiger partial charge >= 0.3 is 0 Å². The number of hydrogen-bond donors (Lipinski definition) is 1. The summed E-state index contributed by atoms with van der Waals surface area (Å²) in [4.78, 5) is 0. The summed E-state index contributed by atoms with van der Waals surface area (Å²) in [7, 11) is 0. The highest BCUT2D eigenvalue weighted by Crippen LogP contribution is 2.38. The molecule has 0 aliphatic heterocycles. The lowest BCUT2D eigenvalue weighted by molar-refractivity contribution is 0.434. The van der Waals surface area contributed by atoms with Gasteiger partial charge in [0.05, 0.1) is 0 Å². The van der Waals surface area contributed by atoms with Gasteiger partial charge in [-0.15, -0.1) is 0 Å². The first-order chi connectivity index (χ1) is 6.64. The third kappa shape index (κ3) is 2.53. The topological polar surface area (TPSA) is 20.2 Å². The van der Waals surface area contributed by atoms with Crippen LogP contribution >= 0.6 is 0 Å². The standard InChI is InChI=1S/C14H21O/c1-13(2,3)10-8-7-9-11(15)12(10)14(4,5)6/h7-8,15H,1-6H3. The molecular weight excluding hydrogens is 184 g/mol. The molecule has 0 bridgehead atoms. The van der Waals surface area contributed by atoms with Crippen LogP contribution in [0.4, 0.5) is 0 Å². The maximum atomic E-state index is 9.93. The Hall–Kier alpha value is -0.980. The molecule has 0 saturated carbocycles. The van der Waals surface area contributed by atoms with Gasteiger partial charge < -0.3 is 5.11 Å². The second-order valence-electron chi connectivity index (χ2n) is 6.11. The van der Waals surface area contributed by atoms with E-state index >= 15 is 0 Å². The van der Waals surface area contributed by atoms with Crippen molar-refractivity contribution >= 4 is 0 Å². The molecule has 0 amide bonds. The fourth-order valence-corrected chi connectivity index (χ4v) is 1.87. The van der Waals surface area contributed by atoms with E-state index in [1.54, 1.807) is 6.07 Å². The van der Waals surface area contributed by atoms with Crippen LogP contribution in [0.2, 0.25) is 0 Å². The molecular formula is C14H21O. The van der Waals surface area contributed by atoms with Crippen molar-refractivity contribution in [2.75, 3.05) is 0 Å². The van der Waals surface area contributed by atoms with Crippen LogP contribution in [0.15, 0.2) is 12.1 Å². The zero-order chi connectivity index (χ0) is 11.9. The van der Waals surface area contributed by atoms with E-state index in [4.69, 9.17) is 0 Å². The van der Waals surface area contributed by atoms with Crippen molar-refractivity contribution in [1.82, 2.24) is 0 Å². The van der Waals surface area contributed by atoms with Gasteiger partial charge in [-0.05, 0) is 16.4 Å². The Balaban J connectivity index is 3.48. The predicted octanol–water partition coefficient (Wildman–Crippen LogP) is 3.79. The summed E-state index contributed by atoms with van der Waals surface area (Å²) in [6, 6.07) is 6.73. The van der Waals surface area contributed by atoms with E-state index in [1.807, 2.05) is 0 Å². The molecule has 15 heavy (non-hydrogen) atoms. The molecule has 0 fully saturated rings. The maximum Gasteiger partial charge on any atom is 0.127 e. The van der Waals surface area contributed by atoms with Gasteiger partial charge in [0.15, 0.2) is 0 Å². The molecule has 1 radical (unpaired) electrons. The largest absolute Gasteiger partial charge is 0.507 e. The van der Waals surface area contributed by atoms with E-state index in [9.17, 15) is 5.11 Å². The van der Waals surface area contributed by atoms with Crippen LogP contribution in [0.25, 0.3) is 0 Å². The summed E-state index contributed by atoms with van der Waals surface area (Å²) >= 11 is 0. The summed E-state index contributed by atoms with van der Waals surface area (Å²) in [6.45, 7) is 12.8. The van der Waals surface area contributed by atoms with Gasteiger partial charge in [-0.2, -0.15) is 0 Å². The van der Waals surface area contributed by atoms with Crippen molar-refractivity contribution in [3.05, 3.63) is 29.3 Å². The highest BCUT2D eigenvalue weighted by molar-refractivity contribution is 5.46. The second kappa shape index (κ2) is 3.55. The Kier molecular flexibility index (Phi) is 2.86. The molecule has 1 aromatic carbocycles. The van der Waals surface area contributed by atoms with Crippen molar-refractivity contribution in [2.45, 2.75) is 52.4 Å².